The highest BCUT2D eigenvalue weighted by atomic mass is 79.9. The molecule has 8 heteroatoms. The Bertz CT molecular complexity index is 459. The van der Waals surface area contributed by atoms with Crippen LogP contribution in [0.1, 0.15) is 6.42 Å². The maximum absolute atomic E-state index is 11.8. The highest BCUT2D eigenvalue weighted by molar-refractivity contribution is 9.11. The van der Waals surface area contributed by atoms with Gasteiger partial charge < -0.3 is 9.30 Å². The van der Waals surface area contributed by atoms with Crippen LogP contribution in [-0.4, -0.2) is 24.0 Å². The molecule has 0 aliphatic carbocycles. The number of pyridine rings is 1. The SMILES string of the molecule is O=c1c(Br)cc(Br)cn1CCCOCC(F)(F)F. The van der Waals surface area contributed by atoms with Crippen LogP contribution in [0.3, 0.4) is 0 Å². The van der Waals surface area contributed by atoms with Crippen LogP contribution in [0.4, 0.5) is 13.2 Å². The number of hydrogen-bond acceptors (Lipinski definition) is 2. The first-order chi connectivity index (χ1) is 8.29. The summed E-state index contributed by atoms with van der Waals surface area (Å²) in [6, 6.07) is 1.61. The standard InChI is InChI=1S/C10H10Br2F3NO2/c11-7-4-8(12)9(17)16(5-7)2-1-3-18-6-10(13,14)15/h4-5H,1-3,6H2. The molecule has 0 fully saturated rings. The number of rotatable bonds is 5. The van der Waals surface area contributed by atoms with Gasteiger partial charge in [0.25, 0.3) is 5.56 Å². The Morgan fingerprint density at radius 3 is 2.61 bits per heavy atom. The smallest absolute Gasteiger partial charge is 0.372 e. The minimum absolute atomic E-state index is 0.0456. The molecule has 18 heavy (non-hydrogen) atoms. The van der Waals surface area contributed by atoms with Crippen molar-refractivity contribution in [2.45, 2.75) is 19.1 Å². The predicted octanol–water partition coefficient (Wildman–Crippen LogP) is 3.34. The molecule has 0 spiro atoms. The molecule has 0 amide bonds. The summed E-state index contributed by atoms with van der Waals surface area (Å²) in [7, 11) is 0. The molecule has 0 aliphatic heterocycles. The monoisotopic (exact) mass is 391 g/mol. The fourth-order valence-electron chi connectivity index (χ4n) is 1.26. The van der Waals surface area contributed by atoms with Crippen LogP contribution in [0, 0.1) is 0 Å². The highest BCUT2D eigenvalue weighted by Crippen LogP contribution is 2.15. The second-order valence-corrected chi connectivity index (χ2v) is 5.30. The van der Waals surface area contributed by atoms with E-state index in [1.54, 1.807) is 12.3 Å². The Balaban J connectivity index is 2.43. The van der Waals surface area contributed by atoms with Crippen molar-refractivity contribution in [2.24, 2.45) is 0 Å². The van der Waals surface area contributed by atoms with Crippen LogP contribution in [0.5, 0.6) is 0 Å². The zero-order chi connectivity index (χ0) is 13.8. The summed E-state index contributed by atoms with van der Waals surface area (Å²) < 4.78 is 42.3. The highest BCUT2D eigenvalue weighted by Gasteiger charge is 2.27. The van der Waals surface area contributed by atoms with Crippen molar-refractivity contribution in [2.75, 3.05) is 13.2 Å². The first-order valence-electron chi connectivity index (χ1n) is 4.99. The molecule has 0 unspecified atom stereocenters. The summed E-state index contributed by atoms with van der Waals surface area (Å²) in [6.07, 6.45) is -2.40. The zero-order valence-corrected chi connectivity index (χ0v) is 12.3. The van der Waals surface area contributed by atoms with Gasteiger partial charge in [0, 0.05) is 23.8 Å². The third-order valence-corrected chi connectivity index (χ3v) is 2.96. The largest absolute Gasteiger partial charge is 0.411 e. The quantitative estimate of drug-likeness (QED) is 0.719. The lowest BCUT2D eigenvalue weighted by molar-refractivity contribution is -0.174. The number of alkyl halides is 3. The second-order valence-electron chi connectivity index (χ2n) is 3.53. The summed E-state index contributed by atoms with van der Waals surface area (Å²) in [5.41, 5.74) is -0.228. The van der Waals surface area contributed by atoms with Crippen molar-refractivity contribution >= 4 is 31.9 Å². The number of aromatic nitrogens is 1. The number of nitrogens with zero attached hydrogens (tertiary/aromatic N) is 1. The summed E-state index contributed by atoms with van der Waals surface area (Å²) in [6.45, 7) is -1.01. The lowest BCUT2D eigenvalue weighted by Crippen LogP contribution is -2.22. The van der Waals surface area contributed by atoms with E-state index in [-0.39, 0.29) is 12.2 Å². The van der Waals surface area contributed by atoms with Crippen molar-refractivity contribution in [3.8, 4) is 0 Å². The van der Waals surface area contributed by atoms with Gasteiger partial charge in [-0.2, -0.15) is 13.2 Å². The van der Waals surface area contributed by atoms with Gasteiger partial charge in [0.1, 0.15) is 6.61 Å². The molecule has 0 N–H and O–H groups in total. The molecule has 0 atom stereocenters. The summed E-state index contributed by atoms with van der Waals surface area (Å²) >= 11 is 6.33. The van der Waals surface area contributed by atoms with Crippen LogP contribution < -0.4 is 5.56 Å². The fourth-order valence-corrected chi connectivity index (χ4v) is 2.51. The lowest BCUT2D eigenvalue weighted by atomic mass is 10.4. The molecular weight excluding hydrogens is 383 g/mol. The van der Waals surface area contributed by atoms with E-state index in [0.717, 1.165) is 0 Å². The molecule has 1 heterocycles. The van der Waals surface area contributed by atoms with Gasteiger partial charge in [-0.05, 0) is 44.3 Å². The molecule has 0 bridgehead atoms. The van der Waals surface area contributed by atoms with Gasteiger partial charge in [-0.15, -0.1) is 0 Å². The summed E-state index contributed by atoms with van der Waals surface area (Å²) in [4.78, 5) is 11.6. The van der Waals surface area contributed by atoms with Gasteiger partial charge in [-0.25, -0.2) is 0 Å². The van der Waals surface area contributed by atoms with E-state index in [0.29, 0.717) is 21.9 Å². The van der Waals surface area contributed by atoms with Crippen molar-refractivity contribution in [3.05, 3.63) is 31.6 Å². The van der Waals surface area contributed by atoms with Crippen molar-refractivity contribution in [3.63, 3.8) is 0 Å². The summed E-state index contributed by atoms with van der Waals surface area (Å²) in [5.74, 6) is 0. The average Bonchev–Trinajstić information content (AvgIpc) is 2.22. The Morgan fingerprint density at radius 1 is 1.33 bits per heavy atom. The Kier molecular flexibility index (Phi) is 5.87. The second kappa shape index (κ2) is 6.72. The molecule has 1 aromatic rings. The fraction of sp³-hybridized carbons (Fsp3) is 0.500. The van der Waals surface area contributed by atoms with Crippen LogP contribution in [0.2, 0.25) is 0 Å². The number of hydrogen-bond donors (Lipinski definition) is 0. The predicted molar refractivity (Wildman–Crippen MR) is 67.6 cm³/mol. The molecule has 0 aromatic carbocycles. The minimum atomic E-state index is -4.31. The molecule has 0 saturated carbocycles. The topological polar surface area (TPSA) is 31.2 Å². The van der Waals surface area contributed by atoms with E-state index in [9.17, 15) is 18.0 Å². The van der Waals surface area contributed by atoms with Gasteiger partial charge >= 0.3 is 6.18 Å². The molecule has 102 valence electrons. The third kappa shape index (κ3) is 5.53. The van der Waals surface area contributed by atoms with E-state index in [2.05, 4.69) is 36.6 Å². The van der Waals surface area contributed by atoms with E-state index in [1.807, 2.05) is 0 Å². The van der Waals surface area contributed by atoms with Crippen LogP contribution in [-0.2, 0) is 11.3 Å². The number of ether oxygens (including phenoxy) is 1. The first-order valence-corrected chi connectivity index (χ1v) is 6.58. The van der Waals surface area contributed by atoms with E-state index in [1.165, 1.54) is 4.57 Å². The van der Waals surface area contributed by atoms with Gasteiger partial charge in [0.05, 0.1) is 4.47 Å². The van der Waals surface area contributed by atoms with Crippen LogP contribution in [0.25, 0.3) is 0 Å². The van der Waals surface area contributed by atoms with Gasteiger partial charge in [-0.1, -0.05) is 0 Å². The van der Waals surface area contributed by atoms with Crippen molar-refractivity contribution in [1.29, 1.82) is 0 Å². The Hall–Kier alpha value is -0.340. The van der Waals surface area contributed by atoms with E-state index < -0.39 is 12.8 Å². The van der Waals surface area contributed by atoms with Crippen LogP contribution in [0.15, 0.2) is 26.0 Å². The molecule has 0 aliphatic rings. The van der Waals surface area contributed by atoms with Crippen LogP contribution >= 0.6 is 31.9 Å². The van der Waals surface area contributed by atoms with Crippen molar-refractivity contribution in [1.82, 2.24) is 4.57 Å². The normalized spacial score (nSPS) is 11.8. The van der Waals surface area contributed by atoms with E-state index >= 15 is 0 Å². The molecule has 0 radical (unpaired) electrons. The third-order valence-electron chi connectivity index (χ3n) is 1.96. The minimum Gasteiger partial charge on any atom is -0.372 e. The maximum Gasteiger partial charge on any atom is 0.411 e. The van der Waals surface area contributed by atoms with Gasteiger partial charge in [0.15, 0.2) is 0 Å². The summed E-state index contributed by atoms with van der Waals surface area (Å²) in [5, 5.41) is 0. The average molecular weight is 393 g/mol. The molecule has 3 nitrogen and oxygen atoms in total. The number of halogens is 5. The molecular formula is C10H10Br2F3NO2. The van der Waals surface area contributed by atoms with E-state index in [4.69, 9.17) is 0 Å². The maximum atomic E-state index is 11.8. The molecule has 0 saturated heterocycles. The Morgan fingerprint density at radius 2 is 2.00 bits per heavy atom. The molecule has 1 rings (SSSR count). The van der Waals surface area contributed by atoms with Gasteiger partial charge in [0.2, 0.25) is 0 Å². The van der Waals surface area contributed by atoms with Crippen molar-refractivity contribution < 1.29 is 17.9 Å². The Labute approximate surface area is 118 Å². The first kappa shape index (κ1) is 15.7. The number of aryl methyl sites for hydroxylation is 1. The van der Waals surface area contributed by atoms with Gasteiger partial charge in [-0.3, -0.25) is 4.79 Å². The molecule has 1 aromatic heterocycles. The lowest BCUT2D eigenvalue weighted by Gasteiger charge is -2.09. The zero-order valence-electron chi connectivity index (χ0n) is 9.14.